The maximum Gasteiger partial charge on any atom is 0.317 e. The molecule has 0 aliphatic heterocycles. The van der Waals surface area contributed by atoms with Gasteiger partial charge in [-0.2, -0.15) is 0 Å². The van der Waals surface area contributed by atoms with Crippen LogP contribution in [0, 0.1) is 5.41 Å². The van der Waals surface area contributed by atoms with E-state index in [1.54, 1.807) is 6.92 Å². The number of rotatable bonds is 4. The maximum atomic E-state index is 11.7. The number of carbonyl (C=O) groups is 2. The summed E-state index contributed by atoms with van der Waals surface area (Å²) in [5.41, 5.74) is -0.783. The minimum Gasteiger partial charge on any atom is -0.465 e. The summed E-state index contributed by atoms with van der Waals surface area (Å²) >= 11 is 6.71. The van der Waals surface area contributed by atoms with Crippen LogP contribution in [0.5, 0.6) is 0 Å². The molecule has 1 aliphatic rings. The predicted octanol–water partition coefficient (Wildman–Crippen LogP) is 1.99. The van der Waals surface area contributed by atoms with Crippen molar-refractivity contribution in [1.29, 1.82) is 0 Å². The van der Waals surface area contributed by atoms with E-state index >= 15 is 0 Å². The predicted molar refractivity (Wildman–Crippen MR) is 60.9 cm³/mol. The highest BCUT2D eigenvalue weighted by atomic mass is 79.9. The normalized spacial score (nSPS) is 26.9. The van der Waals surface area contributed by atoms with Gasteiger partial charge >= 0.3 is 11.9 Å². The first-order chi connectivity index (χ1) is 6.85. The molecule has 0 aromatic carbocycles. The monoisotopic (exact) mass is 342 g/mol. The van der Waals surface area contributed by atoms with Crippen molar-refractivity contribution in [3.63, 3.8) is 0 Å². The Bertz CT molecular complexity index is 290. The summed E-state index contributed by atoms with van der Waals surface area (Å²) in [4.78, 5) is 22.4. The summed E-state index contributed by atoms with van der Waals surface area (Å²) in [6.07, 6.45) is 0.548. The fourth-order valence-electron chi connectivity index (χ4n) is 1.27. The molecule has 0 heterocycles. The summed E-state index contributed by atoms with van der Waals surface area (Å²) in [6.45, 7) is 3.41. The number of hydrogen-bond acceptors (Lipinski definition) is 4. The van der Waals surface area contributed by atoms with Crippen LogP contribution in [0.3, 0.4) is 0 Å². The van der Waals surface area contributed by atoms with Gasteiger partial charge in [0.25, 0.3) is 0 Å². The third-order valence-electron chi connectivity index (χ3n) is 2.29. The zero-order chi connectivity index (χ0) is 11.7. The molecule has 1 saturated carbocycles. The molecule has 0 saturated heterocycles. The van der Waals surface area contributed by atoms with Crippen LogP contribution in [-0.4, -0.2) is 28.4 Å². The van der Waals surface area contributed by atoms with Crippen molar-refractivity contribution in [3.8, 4) is 0 Å². The number of alkyl halides is 2. The van der Waals surface area contributed by atoms with Crippen molar-refractivity contribution in [2.75, 3.05) is 13.2 Å². The van der Waals surface area contributed by atoms with Crippen LogP contribution >= 0.6 is 31.9 Å². The van der Waals surface area contributed by atoms with Gasteiger partial charge in [0, 0.05) is 6.92 Å². The van der Waals surface area contributed by atoms with Gasteiger partial charge in [-0.15, -0.1) is 0 Å². The lowest BCUT2D eigenvalue weighted by molar-refractivity contribution is -0.155. The smallest absolute Gasteiger partial charge is 0.317 e. The lowest BCUT2D eigenvalue weighted by atomic mass is 10.1. The fourth-order valence-corrected chi connectivity index (χ4v) is 2.78. The molecule has 4 nitrogen and oxygen atoms in total. The van der Waals surface area contributed by atoms with Crippen molar-refractivity contribution in [3.05, 3.63) is 0 Å². The molecule has 1 rings (SSSR count). The van der Waals surface area contributed by atoms with Gasteiger partial charge in [0.05, 0.1) is 6.61 Å². The third-order valence-corrected chi connectivity index (χ3v) is 4.37. The molecule has 0 spiro atoms. The van der Waals surface area contributed by atoms with Gasteiger partial charge in [0.2, 0.25) is 0 Å². The Labute approximate surface area is 105 Å². The second kappa shape index (κ2) is 4.41. The topological polar surface area (TPSA) is 52.6 Å². The molecule has 0 amide bonds. The van der Waals surface area contributed by atoms with E-state index in [2.05, 4.69) is 31.9 Å². The Kier molecular flexibility index (Phi) is 3.81. The summed E-state index contributed by atoms with van der Waals surface area (Å²) < 4.78 is 9.31. The molecule has 1 unspecified atom stereocenters. The summed E-state index contributed by atoms with van der Waals surface area (Å²) in [7, 11) is 0. The van der Waals surface area contributed by atoms with Crippen molar-refractivity contribution >= 4 is 43.8 Å². The van der Waals surface area contributed by atoms with Gasteiger partial charge in [0.1, 0.15) is 15.3 Å². The number of ether oxygens (including phenoxy) is 2. The Balaban J connectivity index is 2.66. The Morgan fingerprint density at radius 2 is 1.87 bits per heavy atom. The van der Waals surface area contributed by atoms with Crippen molar-refractivity contribution in [2.45, 2.75) is 23.5 Å². The van der Waals surface area contributed by atoms with E-state index in [1.165, 1.54) is 6.92 Å². The van der Waals surface area contributed by atoms with Crippen LogP contribution in [0.1, 0.15) is 20.3 Å². The SMILES string of the molecule is CCOC(=O)C1(COC(C)=O)CC1(Br)Br. The lowest BCUT2D eigenvalue weighted by Gasteiger charge is -2.16. The van der Waals surface area contributed by atoms with E-state index in [-0.39, 0.29) is 12.6 Å². The largest absolute Gasteiger partial charge is 0.465 e. The summed E-state index contributed by atoms with van der Waals surface area (Å²) in [6, 6.07) is 0. The molecule has 86 valence electrons. The van der Waals surface area contributed by atoms with Crippen LogP contribution in [0.4, 0.5) is 0 Å². The quantitative estimate of drug-likeness (QED) is 0.578. The molecular weight excluding hydrogens is 332 g/mol. The number of carbonyl (C=O) groups excluding carboxylic acids is 2. The van der Waals surface area contributed by atoms with Gasteiger partial charge in [0.15, 0.2) is 0 Å². The highest BCUT2D eigenvalue weighted by Gasteiger charge is 2.72. The first-order valence-corrected chi connectivity index (χ1v) is 6.13. The van der Waals surface area contributed by atoms with Crippen molar-refractivity contribution in [1.82, 2.24) is 0 Å². The molecule has 0 aromatic heterocycles. The van der Waals surface area contributed by atoms with Gasteiger partial charge in [-0.05, 0) is 13.3 Å². The van der Waals surface area contributed by atoms with Crippen molar-refractivity contribution in [2.24, 2.45) is 5.41 Å². The van der Waals surface area contributed by atoms with Crippen LogP contribution in [0.15, 0.2) is 0 Å². The van der Waals surface area contributed by atoms with Gasteiger partial charge in [-0.1, -0.05) is 31.9 Å². The Hall–Kier alpha value is -0.100. The minimum absolute atomic E-state index is 0.0394. The number of hydrogen-bond donors (Lipinski definition) is 0. The maximum absolute atomic E-state index is 11.7. The van der Waals surface area contributed by atoms with E-state index in [0.717, 1.165) is 0 Å². The highest BCUT2D eigenvalue weighted by molar-refractivity contribution is 9.25. The molecule has 6 heteroatoms. The lowest BCUT2D eigenvalue weighted by Crippen LogP contribution is -2.30. The van der Waals surface area contributed by atoms with Crippen LogP contribution in [0.25, 0.3) is 0 Å². The Morgan fingerprint density at radius 1 is 1.33 bits per heavy atom. The van der Waals surface area contributed by atoms with E-state index in [9.17, 15) is 9.59 Å². The highest BCUT2D eigenvalue weighted by Crippen LogP contribution is 2.67. The standard InChI is InChI=1S/C9H12Br2O4/c1-3-14-7(13)8(4-9(8,10)11)5-15-6(2)12/h3-5H2,1-2H3. The zero-order valence-corrected chi connectivity index (χ0v) is 11.7. The number of halogens is 2. The molecule has 1 atom stereocenters. The first kappa shape index (κ1) is 13.0. The van der Waals surface area contributed by atoms with Gasteiger partial charge in [-0.25, -0.2) is 0 Å². The van der Waals surface area contributed by atoms with Crippen LogP contribution < -0.4 is 0 Å². The molecule has 0 aromatic rings. The second-order valence-corrected chi connectivity index (χ2v) is 7.24. The van der Waals surface area contributed by atoms with Gasteiger partial charge < -0.3 is 9.47 Å². The molecule has 0 bridgehead atoms. The molecule has 0 N–H and O–H groups in total. The van der Waals surface area contributed by atoms with E-state index in [0.29, 0.717) is 13.0 Å². The third kappa shape index (κ3) is 2.53. The minimum atomic E-state index is -0.783. The van der Waals surface area contributed by atoms with Crippen LogP contribution in [-0.2, 0) is 19.1 Å². The van der Waals surface area contributed by atoms with Crippen LogP contribution in [0.2, 0.25) is 0 Å². The molecule has 15 heavy (non-hydrogen) atoms. The Morgan fingerprint density at radius 3 is 2.20 bits per heavy atom. The molecule has 1 aliphatic carbocycles. The second-order valence-electron chi connectivity index (χ2n) is 3.46. The molecule has 1 fully saturated rings. The van der Waals surface area contributed by atoms with Crippen molar-refractivity contribution < 1.29 is 19.1 Å². The molecular formula is C9H12Br2O4. The van der Waals surface area contributed by atoms with E-state index in [4.69, 9.17) is 9.47 Å². The van der Waals surface area contributed by atoms with Gasteiger partial charge in [-0.3, -0.25) is 9.59 Å². The number of esters is 2. The summed E-state index contributed by atoms with van der Waals surface area (Å²) in [5.74, 6) is -0.749. The molecule has 0 radical (unpaired) electrons. The average molecular weight is 344 g/mol. The summed E-state index contributed by atoms with van der Waals surface area (Å²) in [5, 5.41) is 0. The van der Waals surface area contributed by atoms with E-state index in [1.807, 2.05) is 0 Å². The first-order valence-electron chi connectivity index (χ1n) is 4.54. The van der Waals surface area contributed by atoms with E-state index < -0.39 is 14.6 Å². The zero-order valence-electron chi connectivity index (χ0n) is 8.51. The average Bonchev–Trinajstić information content (AvgIpc) is 2.67. The fraction of sp³-hybridized carbons (Fsp3) is 0.778.